The summed E-state index contributed by atoms with van der Waals surface area (Å²) in [6.07, 6.45) is 6.33. The zero-order valence-electron chi connectivity index (χ0n) is 10.1. The van der Waals surface area contributed by atoms with Crippen molar-refractivity contribution < 1.29 is 14.7 Å². The van der Waals surface area contributed by atoms with Gasteiger partial charge in [0.2, 0.25) is 0 Å². The number of aliphatic carboxylic acids is 1. The Morgan fingerprint density at radius 2 is 2.28 bits per heavy atom. The highest BCUT2D eigenvalue weighted by Gasteiger charge is 2.46. The molecule has 1 heterocycles. The van der Waals surface area contributed by atoms with Gasteiger partial charge in [0.15, 0.2) is 0 Å². The summed E-state index contributed by atoms with van der Waals surface area (Å²) in [4.78, 5) is 30.9. The van der Waals surface area contributed by atoms with Crippen molar-refractivity contribution in [3.05, 3.63) is 24.3 Å². The van der Waals surface area contributed by atoms with Gasteiger partial charge in [0, 0.05) is 18.4 Å². The largest absolute Gasteiger partial charge is 0.481 e. The van der Waals surface area contributed by atoms with Gasteiger partial charge in [-0.25, -0.2) is 4.98 Å². The normalized spacial score (nSPS) is 26.8. The van der Waals surface area contributed by atoms with Gasteiger partial charge in [-0.3, -0.25) is 14.6 Å². The maximum atomic E-state index is 11.9. The van der Waals surface area contributed by atoms with Crippen molar-refractivity contribution in [3.63, 3.8) is 0 Å². The lowest BCUT2D eigenvalue weighted by atomic mass is 9.85. The monoisotopic (exact) mass is 249 g/mol. The molecule has 0 saturated heterocycles. The van der Waals surface area contributed by atoms with Crippen LogP contribution in [0.15, 0.2) is 18.6 Å². The minimum Gasteiger partial charge on any atom is -0.481 e. The first-order valence-electron chi connectivity index (χ1n) is 5.84. The van der Waals surface area contributed by atoms with E-state index in [1.54, 1.807) is 6.92 Å². The van der Waals surface area contributed by atoms with Crippen molar-refractivity contribution in [1.29, 1.82) is 0 Å². The van der Waals surface area contributed by atoms with E-state index in [0.717, 1.165) is 6.42 Å². The fraction of sp³-hybridized carbons (Fsp3) is 0.500. The summed E-state index contributed by atoms with van der Waals surface area (Å²) in [5, 5.41) is 12.0. The first-order chi connectivity index (χ1) is 8.54. The molecule has 96 valence electrons. The summed E-state index contributed by atoms with van der Waals surface area (Å²) in [5.41, 5.74) is -0.685. The molecule has 1 aliphatic rings. The van der Waals surface area contributed by atoms with Gasteiger partial charge in [0.1, 0.15) is 5.69 Å². The Labute approximate surface area is 104 Å². The highest BCUT2D eigenvalue weighted by molar-refractivity contribution is 5.92. The number of rotatable bonds is 3. The lowest BCUT2D eigenvalue weighted by Crippen LogP contribution is -2.47. The number of aromatic nitrogens is 2. The highest BCUT2D eigenvalue weighted by atomic mass is 16.4. The topological polar surface area (TPSA) is 92.2 Å². The van der Waals surface area contributed by atoms with Crippen LogP contribution in [0.2, 0.25) is 0 Å². The number of nitrogens with one attached hydrogen (secondary N) is 1. The number of carboxylic acids is 1. The smallest absolute Gasteiger partial charge is 0.311 e. The summed E-state index contributed by atoms with van der Waals surface area (Å²) in [6, 6.07) is -0.357. The van der Waals surface area contributed by atoms with Crippen LogP contribution in [0.4, 0.5) is 0 Å². The van der Waals surface area contributed by atoms with Gasteiger partial charge in [-0.15, -0.1) is 0 Å². The van der Waals surface area contributed by atoms with Crippen LogP contribution in [-0.4, -0.2) is 33.0 Å². The summed E-state index contributed by atoms with van der Waals surface area (Å²) >= 11 is 0. The molecule has 0 radical (unpaired) electrons. The van der Waals surface area contributed by atoms with Gasteiger partial charge in [-0.05, 0) is 19.8 Å². The van der Waals surface area contributed by atoms with Crippen LogP contribution >= 0.6 is 0 Å². The first-order valence-corrected chi connectivity index (χ1v) is 5.84. The second-order valence-corrected chi connectivity index (χ2v) is 4.73. The lowest BCUT2D eigenvalue weighted by molar-refractivity contribution is -0.148. The minimum atomic E-state index is -0.891. The van der Waals surface area contributed by atoms with E-state index in [1.165, 1.54) is 18.6 Å². The number of amides is 1. The summed E-state index contributed by atoms with van der Waals surface area (Å²) in [5.74, 6) is -1.24. The van der Waals surface area contributed by atoms with Gasteiger partial charge < -0.3 is 10.4 Å². The predicted molar refractivity (Wildman–Crippen MR) is 62.9 cm³/mol. The van der Waals surface area contributed by atoms with Crippen molar-refractivity contribution in [1.82, 2.24) is 15.3 Å². The van der Waals surface area contributed by atoms with Crippen LogP contribution in [0.3, 0.4) is 0 Å². The van der Waals surface area contributed by atoms with E-state index < -0.39 is 11.4 Å². The number of hydrogen-bond acceptors (Lipinski definition) is 4. The third-order valence-electron chi connectivity index (χ3n) is 3.55. The van der Waals surface area contributed by atoms with E-state index in [2.05, 4.69) is 15.3 Å². The molecular formula is C12H15N3O3. The molecule has 1 fully saturated rings. The maximum Gasteiger partial charge on any atom is 0.311 e. The fourth-order valence-corrected chi connectivity index (χ4v) is 2.30. The van der Waals surface area contributed by atoms with Crippen molar-refractivity contribution in [2.45, 2.75) is 32.2 Å². The third kappa shape index (κ3) is 2.18. The molecule has 1 saturated carbocycles. The van der Waals surface area contributed by atoms with Gasteiger partial charge in [0.05, 0.1) is 11.6 Å². The van der Waals surface area contributed by atoms with E-state index in [1.807, 2.05) is 0 Å². The van der Waals surface area contributed by atoms with Crippen LogP contribution in [0.5, 0.6) is 0 Å². The molecule has 1 amide bonds. The number of carboxylic acid groups (broad SMARTS) is 1. The average molecular weight is 249 g/mol. The molecule has 0 aliphatic heterocycles. The average Bonchev–Trinajstić information content (AvgIpc) is 2.73. The molecule has 0 spiro atoms. The molecule has 18 heavy (non-hydrogen) atoms. The molecule has 0 aromatic carbocycles. The summed E-state index contributed by atoms with van der Waals surface area (Å²) in [7, 11) is 0. The van der Waals surface area contributed by atoms with Crippen LogP contribution in [0, 0.1) is 5.41 Å². The molecular weight excluding hydrogens is 234 g/mol. The molecule has 1 aromatic heterocycles. The quantitative estimate of drug-likeness (QED) is 0.828. The predicted octanol–water partition coefficient (Wildman–Crippen LogP) is 0.850. The van der Waals surface area contributed by atoms with Gasteiger partial charge in [-0.1, -0.05) is 6.42 Å². The Kier molecular flexibility index (Phi) is 3.27. The standard InChI is InChI=1S/C12H15N3O3/c1-12(11(17)18)4-2-3-9(12)15-10(16)8-7-13-5-6-14-8/h5-7,9H,2-4H2,1H3,(H,15,16)(H,17,18). The Hall–Kier alpha value is -1.98. The van der Waals surface area contributed by atoms with Crippen LogP contribution in [0.1, 0.15) is 36.7 Å². The molecule has 0 bridgehead atoms. The molecule has 2 atom stereocenters. The van der Waals surface area contributed by atoms with E-state index in [0.29, 0.717) is 12.8 Å². The zero-order valence-corrected chi connectivity index (χ0v) is 10.1. The number of carbonyl (C=O) groups excluding carboxylic acids is 1. The van der Waals surface area contributed by atoms with Crippen LogP contribution < -0.4 is 5.32 Å². The Morgan fingerprint density at radius 3 is 2.89 bits per heavy atom. The Bertz CT molecular complexity index is 463. The van der Waals surface area contributed by atoms with Crippen molar-refractivity contribution >= 4 is 11.9 Å². The molecule has 6 heteroatoms. The SMILES string of the molecule is CC1(C(=O)O)CCCC1NC(=O)c1cnccn1. The van der Waals surface area contributed by atoms with Gasteiger partial charge in [0.25, 0.3) is 5.91 Å². The molecule has 1 aliphatic carbocycles. The minimum absolute atomic E-state index is 0.206. The van der Waals surface area contributed by atoms with E-state index in [9.17, 15) is 14.7 Å². The van der Waals surface area contributed by atoms with E-state index in [-0.39, 0.29) is 17.6 Å². The Balaban J connectivity index is 2.10. The number of carbonyl (C=O) groups is 2. The van der Waals surface area contributed by atoms with Gasteiger partial charge >= 0.3 is 5.97 Å². The van der Waals surface area contributed by atoms with Crippen molar-refractivity contribution in [3.8, 4) is 0 Å². The van der Waals surface area contributed by atoms with Crippen LogP contribution in [0.25, 0.3) is 0 Å². The van der Waals surface area contributed by atoms with Crippen molar-refractivity contribution in [2.75, 3.05) is 0 Å². The van der Waals surface area contributed by atoms with E-state index >= 15 is 0 Å². The fourth-order valence-electron chi connectivity index (χ4n) is 2.30. The molecule has 2 unspecified atom stereocenters. The summed E-state index contributed by atoms with van der Waals surface area (Å²) < 4.78 is 0. The lowest BCUT2D eigenvalue weighted by Gasteiger charge is -2.27. The van der Waals surface area contributed by atoms with Crippen LogP contribution in [-0.2, 0) is 4.79 Å². The Morgan fingerprint density at radius 1 is 1.50 bits per heavy atom. The summed E-state index contributed by atoms with van der Waals surface area (Å²) in [6.45, 7) is 1.67. The molecule has 2 N–H and O–H groups in total. The zero-order chi connectivity index (χ0) is 13.2. The van der Waals surface area contributed by atoms with Gasteiger partial charge in [-0.2, -0.15) is 0 Å². The second kappa shape index (κ2) is 4.72. The molecule has 2 rings (SSSR count). The first kappa shape index (κ1) is 12.5. The molecule has 6 nitrogen and oxygen atoms in total. The highest BCUT2D eigenvalue weighted by Crippen LogP contribution is 2.38. The number of hydrogen-bond donors (Lipinski definition) is 2. The van der Waals surface area contributed by atoms with Crippen molar-refractivity contribution in [2.24, 2.45) is 5.41 Å². The molecule has 1 aromatic rings. The van der Waals surface area contributed by atoms with E-state index in [4.69, 9.17) is 0 Å². The number of nitrogens with zero attached hydrogens (tertiary/aromatic N) is 2. The third-order valence-corrected chi connectivity index (χ3v) is 3.55. The maximum absolute atomic E-state index is 11.9. The second-order valence-electron chi connectivity index (χ2n) is 4.73.